The smallest absolute Gasteiger partial charge is 0.0440 e. The van der Waals surface area contributed by atoms with Gasteiger partial charge in [-0.1, -0.05) is 43.6 Å². The number of rotatable bonds is 3. The van der Waals surface area contributed by atoms with Gasteiger partial charge in [0.2, 0.25) is 0 Å². The van der Waals surface area contributed by atoms with Gasteiger partial charge < -0.3 is 5.32 Å². The minimum atomic E-state index is 0.567. The van der Waals surface area contributed by atoms with Gasteiger partial charge >= 0.3 is 0 Å². The van der Waals surface area contributed by atoms with E-state index in [-0.39, 0.29) is 0 Å². The molecule has 2 saturated carbocycles. The van der Waals surface area contributed by atoms with Gasteiger partial charge in [-0.25, -0.2) is 0 Å². The maximum atomic E-state index is 6.28. The van der Waals surface area contributed by atoms with Crippen molar-refractivity contribution >= 4 is 11.6 Å². The van der Waals surface area contributed by atoms with Crippen LogP contribution in [0.3, 0.4) is 0 Å². The molecule has 0 unspecified atom stereocenters. The number of benzene rings is 1. The average molecular weight is 292 g/mol. The van der Waals surface area contributed by atoms with Crippen molar-refractivity contribution in [3.8, 4) is 0 Å². The lowest BCUT2D eigenvalue weighted by Crippen LogP contribution is -2.47. The fourth-order valence-electron chi connectivity index (χ4n) is 3.71. The van der Waals surface area contributed by atoms with Crippen LogP contribution in [0.15, 0.2) is 24.3 Å². The SMILES string of the molecule is CC1(C)CCC(NC2CC(c3ccccc3Cl)C2)CC1. The van der Waals surface area contributed by atoms with Crippen LogP contribution in [-0.4, -0.2) is 12.1 Å². The van der Waals surface area contributed by atoms with Crippen LogP contribution in [0.25, 0.3) is 0 Å². The monoisotopic (exact) mass is 291 g/mol. The standard InChI is InChI=1S/C18H26ClN/c1-18(2)9-7-14(8-10-18)20-15-11-13(12-15)16-5-3-4-6-17(16)19/h3-6,13-15,20H,7-12H2,1-2H3. The summed E-state index contributed by atoms with van der Waals surface area (Å²) >= 11 is 6.28. The van der Waals surface area contributed by atoms with E-state index < -0.39 is 0 Å². The molecule has 0 aromatic heterocycles. The molecule has 3 rings (SSSR count). The molecular weight excluding hydrogens is 266 g/mol. The minimum Gasteiger partial charge on any atom is -0.311 e. The summed E-state index contributed by atoms with van der Waals surface area (Å²) in [5.41, 5.74) is 1.91. The van der Waals surface area contributed by atoms with E-state index in [0.717, 1.165) is 11.1 Å². The molecule has 0 atom stereocenters. The Balaban J connectivity index is 1.46. The lowest BCUT2D eigenvalue weighted by Gasteiger charge is -2.42. The molecule has 110 valence electrons. The second-order valence-electron chi connectivity index (χ2n) is 7.49. The maximum Gasteiger partial charge on any atom is 0.0440 e. The molecule has 2 aliphatic rings. The molecule has 2 heteroatoms. The van der Waals surface area contributed by atoms with Gasteiger partial charge in [-0.3, -0.25) is 0 Å². The van der Waals surface area contributed by atoms with Crippen LogP contribution < -0.4 is 5.32 Å². The quantitative estimate of drug-likeness (QED) is 0.812. The zero-order chi connectivity index (χ0) is 14.2. The molecule has 0 aliphatic heterocycles. The van der Waals surface area contributed by atoms with E-state index in [4.69, 9.17) is 11.6 Å². The Morgan fingerprint density at radius 2 is 1.70 bits per heavy atom. The fourth-order valence-corrected chi connectivity index (χ4v) is 4.00. The van der Waals surface area contributed by atoms with Gasteiger partial charge in [0, 0.05) is 17.1 Å². The Labute approximate surface area is 128 Å². The zero-order valence-electron chi connectivity index (χ0n) is 12.7. The summed E-state index contributed by atoms with van der Waals surface area (Å²) in [7, 11) is 0. The van der Waals surface area contributed by atoms with Gasteiger partial charge in [-0.05, 0) is 61.5 Å². The first kappa shape index (κ1) is 14.4. The summed E-state index contributed by atoms with van der Waals surface area (Å²) in [5, 5.41) is 4.81. The summed E-state index contributed by atoms with van der Waals surface area (Å²) in [4.78, 5) is 0. The van der Waals surface area contributed by atoms with Gasteiger partial charge in [-0.15, -0.1) is 0 Å². The molecule has 1 aromatic rings. The lowest BCUT2D eigenvalue weighted by atomic mass is 9.73. The third-order valence-corrected chi connectivity index (χ3v) is 5.64. The lowest BCUT2D eigenvalue weighted by molar-refractivity contribution is 0.174. The molecule has 1 aromatic carbocycles. The minimum absolute atomic E-state index is 0.567. The van der Waals surface area contributed by atoms with Gasteiger partial charge in [0.1, 0.15) is 0 Å². The van der Waals surface area contributed by atoms with E-state index in [0.29, 0.717) is 17.4 Å². The maximum absolute atomic E-state index is 6.28. The van der Waals surface area contributed by atoms with Crippen molar-refractivity contribution < 1.29 is 0 Å². The molecule has 0 saturated heterocycles. The fraction of sp³-hybridized carbons (Fsp3) is 0.667. The number of nitrogens with one attached hydrogen (secondary N) is 1. The molecular formula is C18H26ClN. The van der Waals surface area contributed by atoms with Gasteiger partial charge in [-0.2, -0.15) is 0 Å². The Morgan fingerprint density at radius 1 is 1.05 bits per heavy atom. The van der Waals surface area contributed by atoms with E-state index in [1.54, 1.807) is 0 Å². The highest BCUT2D eigenvalue weighted by Crippen LogP contribution is 2.41. The Kier molecular flexibility index (Phi) is 4.10. The van der Waals surface area contributed by atoms with Crippen molar-refractivity contribution in [3.63, 3.8) is 0 Å². The Morgan fingerprint density at radius 3 is 2.35 bits per heavy atom. The van der Waals surface area contributed by atoms with Crippen molar-refractivity contribution in [2.24, 2.45) is 5.41 Å². The average Bonchev–Trinajstić information content (AvgIpc) is 2.36. The Hall–Kier alpha value is -0.530. The van der Waals surface area contributed by atoms with Gasteiger partial charge in [0.25, 0.3) is 0 Å². The molecule has 2 aliphatic carbocycles. The summed E-state index contributed by atoms with van der Waals surface area (Å²) in [6.45, 7) is 4.81. The molecule has 1 nitrogen and oxygen atoms in total. The molecule has 0 heterocycles. The zero-order valence-corrected chi connectivity index (χ0v) is 13.4. The highest BCUT2D eigenvalue weighted by molar-refractivity contribution is 6.31. The normalized spacial score (nSPS) is 29.9. The highest BCUT2D eigenvalue weighted by Gasteiger charge is 2.34. The van der Waals surface area contributed by atoms with E-state index >= 15 is 0 Å². The second kappa shape index (κ2) is 5.69. The number of halogens is 1. The molecule has 0 bridgehead atoms. The Bertz CT molecular complexity index is 452. The third-order valence-electron chi connectivity index (χ3n) is 5.29. The molecule has 20 heavy (non-hydrogen) atoms. The van der Waals surface area contributed by atoms with Crippen LogP contribution in [0.2, 0.25) is 5.02 Å². The summed E-state index contributed by atoms with van der Waals surface area (Å²) in [6, 6.07) is 9.78. The van der Waals surface area contributed by atoms with Crippen molar-refractivity contribution in [2.75, 3.05) is 0 Å². The van der Waals surface area contributed by atoms with E-state index in [9.17, 15) is 0 Å². The van der Waals surface area contributed by atoms with Crippen LogP contribution in [0.4, 0.5) is 0 Å². The van der Waals surface area contributed by atoms with Crippen LogP contribution in [0.1, 0.15) is 63.9 Å². The van der Waals surface area contributed by atoms with Crippen LogP contribution in [-0.2, 0) is 0 Å². The second-order valence-corrected chi connectivity index (χ2v) is 7.90. The number of hydrogen-bond acceptors (Lipinski definition) is 1. The highest BCUT2D eigenvalue weighted by atomic mass is 35.5. The molecule has 2 fully saturated rings. The van der Waals surface area contributed by atoms with E-state index in [1.807, 2.05) is 12.1 Å². The first-order chi connectivity index (χ1) is 9.53. The van der Waals surface area contributed by atoms with Crippen molar-refractivity contribution in [2.45, 2.75) is 70.4 Å². The van der Waals surface area contributed by atoms with Crippen molar-refractivity contribution in [3.05, 3.63) is 34.9 Å². The predicted molar refractivity (Wildman–Crippen MR) is 86.4 cm³/mol. The van der Waals surface area contributed by atoms with Crippen LogP contribution in [0, 0.1) is 5.41 Å². The summed E-state index contributed by atoms with van der Waals surface area (Å²) < 4.78 is 0. The molecule has 1 N–H and O–H groups in total. The first-order valence-electron chi connectivity index (χ1n) is 8.04. The van der Waals surface area contributed by atoms with Crippen molar-refractivity contribution in [1.82, 2.24) is 5.32 Å². The molecule has 0 spiro atoms. The molecule has 0 radical (unpaired) electrons. The summed E-state index contributed by atoms with van der Waals surface area (Å²) in [5.74, 6) is 0.668. The van der Waals surface area contributed by atoms with Crippen molar-refractivity contribution in [1.29, 1.82) is 0 Å². The number of hydrogen-bond donors (Lipinski definition) is 1. The van der Waals surface area contributed by atoms with E-state index in [2.05, 4.69) is 31.3 Å². The van der Waals surface area contributed by atoms with E-state index in [1.165, 1.54) is 44.1 Å². The topological polar surface area (TPSA) is 12.0 Å². The third kappa shape index (κ3) is 3.20. The summed E-state index contributed by atoms with van der Waals surface area (Å²) in [6.07, 6.45) is 7.93. The van der Waals surface area contributed by atoms with Gasteiger partial charge in [0.05, 0.1) is 0 Å². The van der Waals surface area contributed by atoms with Gasteiger partial charge in [0.15, 0.2) is 0 Å². The molecule has 0 amide bonds. The largest absolute Gasteiger partial charge is 0.311 e. The van der Waals surface area contributed by atoms with Crippen LogP contribution in [0.5, 0.6) is 0 Å². The predicted octanol–water partition coefficient (Wildman–Crippen LogP) is 5.14. The first-order valence-corrected chi connectivity index (χ1v) is 8.42. The van der Waals surface area contributed by atoms with Crippen LogP contribution >= 0.6 is 11.6 Å².